The second-order valence-corrected chi connectivity index (χ2v) is 9.79. The SMILES string of the molecule is Cc1cc(CSc2ncccc2C(=O)Nc2ccc(N3CCCS3(=O)=O)cc2)no1. The van der Waals surface area contributed by atoms with Gasteiger partial charge >= 0.3 is 0 Å². The molecule has 0 atom stereocenters. The summed E-state index contributed by atoms with van der Waals surface area (Å²) >= 11 is 1.40. The smallest absolute Gasteiger partial charge is 0.258 e. The van der Waals surface area contributed by atoms with E-state index in [1.54, 1.807) is 42.6 Å². The Bertz CT molecular complexity index is 1160. The van der Waals surface area contributed by atoms with Crippen LogP contribution >= 0.6 is 11.8 Å². The van der Waals surface area contributed by atoms with Gasteiger partial charge in [-0.15, -0.1) is 0 Å². The fraction of sp³-hybridized carbons (Fsp3) is 0.250. The number of pyridine rings is 1. The second-order valence-electron chi connectivity index (χ2n) is 6.82. The first-order chi connectivity index (χ1) is 14.4. The van der Waals surface area contributed by atoms with Crippen LogP contribution in [0, 0.1) is 6.92 Å². The molecule has 1 fully saturated rings. The number of nitrogens with one attached hydrogen (secondary N) is 1. The van der Waals surface area contributed by atoms with Crippen LogP contribution in [0.5, 0.6) is 0 Å². The van der Waals surface area contributed by atoms with Gasteiger partial charge in [-0.05, 0) is 49.7 Å². The van der Waals surface area contributed by atoms with Gasteiger partial charge in [0.25, 0.3) is 5.91 Å². The standard InChI is InChI=1S/C20H20N4O4S2/c1-14-12-16(23-28-14)13-29-20-18(4-2-9-21-20)19(25)22-15-5-7-17(8-6-15)24-10-3-11-30(24,26)27/h2,4-9,12H,3,10-11,13H2,1H3,(H,22,25). The van der Waals surface area contributed by atoms with E-state index in [0.29, 0.717) is 40.7 Å². The molecule has 1 aliphatic rings. The Morgan fingerprint density at radius 1 is 1.27 bits per heavy atom. The van der Waals surface area contributed by atoms with Gasteiger partial charge < -0.3 is 9.84 Å². The molecule has 0 spiro atoms. The predicted molar refractivity (Wildman–Crippen MR) is 115 cm³/mol. The van der Waals surface area contributed by atoms with Crippen LogP contribution in [0.3, 0.4) is 0 Å². The number of hydrogen-bond donors (Lipinski definition) is 1. The summed E-state index contributed by atoms with van der Waals surface area (Å²) in [4.78, 5) is 17.1. The van der Waals surface area contributed by atoms with Crippen LogP contribution in [-0.4, -0.2) is 36.8 Å². The molecular weight excluding hydrogens is 424 g/mol. The van der Waals surface area contributed by atoms with E-state index in [0.717, 1.165) is 11.5 Å². The molecule has 1 saturated heterocycles. The Balaban J connectivity index is 1.45. The molecule has 1 aromatic carbocycles. The first kappa shape index (κ1) is 20.4. The zero-order chi connectivity index (χ0) is 21.1. The van der Waals surface area contributed by atoms with Gasteiger partial charge in [0, 0.05) is 30.2 Å². The highest BCUT2D eigenvalue weighted by molar-refractivity contribution is 7.98. The summed E-state index contributed by atoms with van der Waals surface area (Å²) in [5.41, 5.74) is 2.41. The maximum absolute atomic E-state index is 12.8. The number of aromatic nitrogens is 2. The molecule has 0 radical (unpaired) electrons. The van der Waals surface area contributed by atoms with Gasteiger partial charge in [-0.1, -0.05) is 16.9 Å². The molecule has 0 unspecified atom stereocenters. The third-order valence-corrected chi connectivity index (χ3v) is 7.47. The molecule has 10 heteroatoms. The van der Waals surface area contributed by atoms with E-state index in [-0.39, 0.29) is 11.7 Å². The Morgan fingerprint density at radius 2 is 2.07 bits per heavy atom. The molecule has 0 saturated carbocycles. The van der Waals surface area contributed by atoms with Crippen LogP contribution in [0.1, 0.15) is 28.2 Å². The average Bonchev–Trinajstić information content (AvgIpc) is 3.31. The van der Waals surface area contributed by atoms with Crippen LogP contribution in [0.15, 0.2) is 58.2 Å². The minimum atomic E-state index is -3.23. The molecule has 0 bridgehead atoms. The lowest BCUT2D eigenvalue weighted by Gasteiger charge is -2.17. The van der Waals surface area contributed by atoms with Crippen molar-refractivity contribution in [3.8, 4) is 0 Å². The van der Waals surface area contributed by atoms with Crippen LogP contribution in [0.4, 0.5) is 11.4 Å². The number of thioether (sulfide) groups is 1. The third-order valence-electron chi connectivity index (χ3n) is 4.56. The maximum atomic E-state index is 12.8. The molecule has 30 heavy (non-hydrogen) atoms. The van der Waals surface area contributed by atoms with Crippen molar-refractivity contribution in [1.82, 2.24) is 10.1 Å². The Kier molecular flexibility index (Phi) is 5.78. The Hall–Kier alpha value is -2.85. The van der Waals surface area contributed by atoms with E-state index in [1.165, 1.54) is 16.1 Å². The van der Waals surface area contributed by atoms with Crippen molar-refractivity contribution in [2.75, 3.05) is 21.9 Å². The largest absolute Gasteiger partial charge is 0.361 e. The molecule has 0 aliphatic carbocycles. The van der Waals surface area contributed by atoms with Crippen LogP contribution in [-0.2, 0) is 15.8 Å². The predicted octanol–water partition coefficient (Wildman–Crippen LogP) is 3.46. The van der Waals surface area contributed by atoms with Crippen molar-refractivity contribution >= 4 is 39.1 Å². The van der Waals surface area contributed by atoms with E-state index >= 15 is 0 Å². The van der Waals surface area contributed by atoms with E-state index in [4.69, 9.17) is 4.52 Å². The number of rotatable bonds is 6. The van der Waals surface area contributed by atoms with Gasteiger partial charge in [0.05, 0.1) is 22.7 Å². The summed E-state index contributed by atoms with van der Waals surface area (Å²) in [5.74, 6) is 1.15. The molecule has 4 rings (SSSR count). The second kappa shape index (κ2) is 8.49. The zero-order valence-electron chi connectivity index (χ0n) is 16.2. The number of amides is 1. The van der Waals surface area contributed by atoms with Crippen molar-refractivity contribution < 1.29 is 17.7 Å². The van der Waals surface area contributed by atoms with E-state index in [9.17, 15) is 13.2 Å². The lowest BCUT2D eigenvalue weighted by molar-refractivity contribution is 0.102. The maximum Gasteiger partial charge on any atom is 0.258 e. The highest BCUT2D eigenvalue weighted by Gasteiger charge is 2.28. The summed E-state index contributed by atoms with van der Waals surface area (Å²) < 4.78 is 30.6. The van der Waals surface area contributed by atoms with Crippen LogP contribution in [0.25, 0.3) is 0 Å². The van der Waals surface area contributed by atoms with Gasteiger partial charge in [-0.3, -0.25) is 9.10 Å². The molecule has 2 aromatic heterocycles. The summed E-state index contributed by atoms with van der Waals surface area (Å²) in [5, 5.41) is 7.39. The summed E-state index contributed by atoms with van der Waals surface area (Å²) in [7, 11) is -3.23. The number of sulfonamides is 1. The zero-order valence-corrected chi connectivity index (χ0v) is 17.9. The van der Waals surface area contributed by atoms with Gasteiger partial charge in [0.15, 0.2) is 0 Å². The fourth-order valence-electron chi connectivity index (χ4n) is 3.15. The molecule has 1 N–H and O–H groups in total. The Morgan fingerprint density at radius 3 is 2.73 bits per heavy atom. The quantitative estimate of drug-likeness (QED) is 0.580. The number of nitrogens with zero attached hydrogens (tertiary/aromatic N) is 3. The molecule has 3 heterocycles. The monoisotopic (exact) mass is 444 g/mol. The average molecular weight is 445 g/mol. The fourth-order valence-corrected chi connectivity index (χ4v) is 5.58. The van der Waals surface area contributed by atoms with Crippen molar-refractivity contribution in [3.05, 3.63) is 65.7 Å². The summed E-state index contributed by atoms with van der Waals surface area (Å²) in [6, 6.07) is 12.1. The molecule has 8 nitrogen and oxygen atoms in total. The van der Waals surface area contributed by atoms with Crippen molar-refractivity contribution in [3.63, 3.8) is 0 Å². The van der Waals surface area contributed by atoms with Gasteiger partial charge in [0.2, 0.25) is 10.0 Å². The topological polar surface area (TPSA) is 105 Å². The van der Waals surface area contributed by atoms with Crippen molar-refractivity contribution in [2.24, 2.45) is 0 Å². The highest BCUT2D eigenvalue weighted by atomic mass is 32.2. The summed E-state index contributed by atoms with van der Waals surface area (Å²) in [6.45, 7) is 2.31. The summed E-state index contributed by atoms with van der Waals surface area (Å²) in [6.07, 6.45) is 2.26. The molecule has 3 aromatic rings. The number of carbonyl (C=O) groups is 1. The van der Waals surface area contributed by atoms with E-state index in [1.807, 2.05) is 13.0 Å². The minimum Gasteiger partial charge on any atom is -0.361 e. The van der Waals surface area contributed by atoms with E-state index in [2.05, 4.69) is 15.5 Å². The number of carbonyl (C=O) groups excluding carboxylic acids is 1. The number of benzene rings is 1. The number of anilines is 2. The van der Waals surface area contributed by atoms with Crippen molar-refractivity contribution in [1.29, 1.82) is 0 Å². The number of aryl methyl sites for hydroxylation is 1. The van der Waals surface area contributed by atoms with Crippen molar-refractivity contribution in [2.45, 2.75) is 24.1 Å². The number of hydrogen-bond acceptors (Lipinski definition) is 7. The lowest BCUT2D eigenvalue weighted by Crippen LogP contribution is -2.25. The normalized spacial score (nSPS) is 15.3. The minimum absolute atomic E-state index is 0.168. The Labute approximate surface area is 178 Å². The molecule has 1 amide bonds. The molecule has 1 aliphatic heterocycles. The van der Waals surface area contributed by atoms with Gasteiger partial charge in [-0.25, -0.2) is 13.4 Å². The lowest BCUT2D eigenvalue weighted by atomic mass is 10.2. The van der Waals surface area contributed by atoms with Crippen LogP contribution in [0.2, 0.25) is 0 Å². The molecule has 156 valence electrons. The first-order valence-electron chi connectivity index (χ1n) is 9.34. The molecular formula is C20H20N4O4S2. The first-order valence-corrected chi connectivity index (χ1v) is 11.9. The van der Waals surface area contributed by atoms with E-state index < -0.39 is 10.0 Å². The third kappa shape index (κ3) is 4.49. The van der Waals surface area contributed by atoms with Gasteiger partial charge in [-0.2, -0.15) is 0 Å². The highest BCUT2D eigenvalue weighted by Crippen LogP contribution is 2.27. The van der Waals surface area contributed by atoms with Gasteiger partial charge in [0.1, 0.15) is 10.8 Å². The van der Waals surface area contributed by atoms with Crippen LogP contribution < -0.4 is 9.62 Å².